The van der Waals surface area contributed by atoms with Crippen molar-refractivity contribution >= 4 is 11.7 Å². The highest BCUT2D eigenvalue weighted by molar-refractivity contribution is 5.84. The standard InChI is InChI=1S/C27H34F3N5O2/c1-18-2-7-23-24(18)25(33-17-32-23)34-10-12-35(13-11-34)26(36)22(16-31-21-8-14-37-15-9-21)19-3-5-20(6-4-19)27(28,29)30/h3-6,17-18,21-22,31H,2,7-16H2,1H3/t18?,22-/m1/s1. The zero-order chi connectivity index (χ0) is 26.0. The molecule has 1 unspecified atom stereocenters. The summed E-state index contributed by atoms with van der Waals surface area (Å²) in [5.41, 5.74) is 2.24. The van der Waals surface area contributed by atoms with Gasteiger partial charge in [-0.25, -0.2) is 9.97 Å². The van der Waals surface area contributed by atoms with Crippen molar-refractivity contribution in [3.63, 3.8) is 0 Å². The van der Waals surface area contributed by atoms with Gasteiger partial charge in [0.15, 0.2) is 0 Å². The van der Waals surface area contributed by atoms with E-state index in [1.54, 1.807) is 6.33 Å². The quantitative estimate of drug-likeness (QED) is 0.630. The van der Waals surface area contributed by atoms with E-state index in [4.69, 9.17) is 4.74 Å². The number of hydrogen-bond acceptors (Lipinski definition) is 6. The minimum absolute atomic E-state index is 0.0553. The van der Waals surface area contributed by atoms with Gasteiger partial charge in [-0.05, 0) is 49.3 Å². The first kappa shape index (κ1) is 25.9. The average molecular weight is 518 g/mol. The van der Waals surface area contributed by atoms with Crippen molar-refractivity contribution in [1.29, 1.82) is 0 Å². The number of carbonyl (C=O) groups is 1. The number of hydrogen-bond donors (Lipinski definition) is 1. The first-order valence-electron chi connectivity index (χ1n) is 13.2. The molecule has 37 heavy (non-hydrogen) atoms. The van der Waals surface area contributed by atoms with Gasteiger partial charge in [0, 0.05) is 63.2 Å². The van der Waals surface area contributed by atoms with Gasteiger partial charge in [-0.2, -0.15) is 13.2 Å². The van der Waals surface area contributed by atoms with Gasteiger partial charge in [0.1, 0.15) is 12.1 Å². The molecule has 3 heterocycles. The Morgan fingerprint density at radius 3 is 2.46 bits per heavy atom. The van der Waals surface area contributed by atoms with Gasteiger partial charge < -0.3 is 19.9 Å². The summed E-state index contributed by atoms with van der Waals surface area (Å²) in [6.45, 7) is 6.34. The lowest BCUT2D eigenvalue weighted by Crippen LogP contribution is -2.51. The molecule has 1 N–H and O–H groups in total. The van der Waals surface area contributed by atoms with Crippen molar-refractivity contribution in [2.24, 2.45) is 0 Å². The molecule has 7 nitrogen and oxygen atoms in total. The highest BCUT2D eigenvalue weighted by atomic mass is 19.4. The molecule has 1 aromatic carbocycles. The lowest BCUT2D eigenvalue weighted by molar-refractivity contribution is -0.137. The van der Waals surface area contributed by atoms with Crippen LogP contribution in [-0.4, -0.2) is 72.8 Å². The van der Waals surface area contributed by atoms with E-state index in [9.17, 15) is 18.0 Å². The van der Waals surface area contributed by atoms with E-state index in [-0.39, 0.29) is 11.9 Å². The third-order valence-electron chi connectivity index (χ3n) is 7.91. The molecule has 1 amide bonds. The van der Waals surface area contributed by atoms with Gasteiger partial charge >= 0.3 is 6.18 Å². The molecule has 2 aliphatic heterocycles. The molecule has 200 valence electrons. The van der Waals surface area contributed by atoms with Gasteiger partial charge in [-0.3, -0.25) is 4.79 Å². The van der Waals surface area contributed by atoms with E-state index in [2.05, 4.69) is 27.1 Å². The van der Waals surface area contributed by atoms with Crippen molar-refractivity contribution in [2.75, 3.05) is 50.8 Å². The zero-order valence-corrected chi connectivity index (χ0v) is 21.1. The van der Waals surface area contributed by atoms with E-state index in [1.807, 2.05) is 4.90 Å². The number of carbonyl (C=O) groups excluding carboxylic acids is 1. The zero-order valence-electron chi connectivity index (χ0n) is 21.1. The van der Waals surface area contributed by atoms with Crippen LogP contribution in [0.3, 0.4) is 0 Å². The van der Waals surface area contributed by atoms with Crippen LogP contribution in [0.25, 0.3) is 0 Å². The molecule has 0 saturated carbocycles. The summed E-state index contributed by atoms with van der Waals surface area (Å²) in [4.78, 5) is 26.9. The number of anilines is 1. The predicted molar refractivity (Wildman–Crippen MR) is 134 cm³/mol. The van der Waals surface area contributed by atoms with Crippen molar-refractivity contribution < 1.29 is 22.7 Å². The number of aromatic nitrogens is 2. The minimum atomic E-state index is -4.41. The molecule has 1 aromatic heterocycles. The van der Waals surface area contributed by atoms with Crippen LogP contribution >= 0.6 is 0 Å². The maximum absolute atomic E-state index is 13.7. The number of ether oxygens (including phenoxy) is 1. The molecule has 0 spiro atoms. The second kappa shape index (κ2) is 10.9. The van der Waals surface area contributed by atoms with E-state index in [1.165, 1.54) is 17.7 Å². The largest absolute Gasteiger partial charge is 0.416 e. The number of halogens is 3. The van der Waals surface area contributed by atoms with Crippen LogP contribution in [0, 0.1) is 0 Å². The van der Waals surface area contributed by atoms with Crippen molar-refractivity contribution in [1.82, 2.24) is 20.2 Å². The fourth-order valence-electron chi connectivity index (χ4n) is 5.67. The number of nitrogens with zero attached hydrogens (tertiary/aromatic N) is 4. The van der Waals surface area contributed by atoms with Crippen LogP contribution in [0.5, 0.6) is 0 Å². The number of piperazine rings is 1. The molecular weight excluding hydrogens is 483 g/mol. The highest BCUT2D eigenvalue weighted by Crippen LogP contribution is 2.37. The lowest BCUT2D eigenvalue weighted by Gasteiger charge is -2.38. The first-order valence-corrected chi connectivity index (χ1v) is 13.2. The molecule has 2 fully saturated rings. The summed E-state index contributed by atoms with van der Waals surface area (Å²) in [5, 5.41) is 3.48. The summed E-state index contributed by atoms with van der Waals surface area (Å²) in [6.07, 6.45) is 0.982. The number of amides is 1. The Morgan fingerprint density at radius 2 is 1.78 bits per heavy atom. The second-order valence-corrected chi connectivity index (χ2v) is 10.3. The van der Waals surface area contributed by atoms with Crippen LogP contribution < -0.4 is 10.2 Å². The monoisotopic (exact) mass is 517 g/mol. The van der Waals surface area contributed by atoms with Crippen molar-refractivity contribution in [2.45, 2.75) is 56.7 Å². The molecule has 2 saturated heterocycles. The summed E-state index contributed by atoms with van der Waals surface area (Å²) in [7, 11) is 0. The first-order chi connectivity index (χ1) is 17.8. The third kappa shape index (κ3) is 5.75. The summed E-state index contributed by atoms with van der Waals surface area (Å²) in [6, 6.07) is 5.26. The molecule has 3 aliphatic rings. The van der Waals surface area contributed by atoms with Crippen LogP contribution in [-0.2, 0) is 22.1 Å². The summed E-state index contributed by atoms with van der Waals surface area (Å²) < 4.78 is 44.8. The maximum Gasteiger partial charge on any atom is 0.416 e. The topological polar surface area (TPSA) is 70.6 Å². The van der Waals surface area contributed by atoms with E-state index >= 15 is 0 Å². The Bertz CT molecular complexity index is 1080. The molecule has 10 heteroatoms. The number of alkyl halides is 3. The van der Waals surface area contributed by atoms with E-state index in [0.29, 0.717) is 57.4 Å². The SMILES string of the molecule is CC1CCc2ncnc(N3CCN(C(=O)[C@H](CNC4CCOCC4)c4ccc(C(F)(F)F)cc4)CC3)c21. The van der Waals surface area contributed by atoms with Crippen LogP contribution in [0.2, 0.25) is 0 Å². The Kier molecular flexibility index (Phi) is 7.67. The van der Waals surface area contributed by atoms with Crippen LogP contribution in [0.1, 0.15) is 60.4 Å². The molecule has 0 radical (unpaired) electrons. The molecule has 2 aromatic rings. The fourth-order valence-corrected chi connectivity index (χ4v) is 5.67. The highest BCUT2D eigenvalue weighted by Gasteiger charge is 2.34. The van der Waals surface area contributed by atoms with Crippen LogP contribution in [0.15, 0.2) is 30.6 Å². The van der Waals surface area contributed by atoms with Crippen LogP contribution in [0.4, 0.5) is 19.0 Å². The fraction of sp³-hybridized carbons (Fsp3) is 0.593. The van der Waals surface area contributed by atoms with Gasteiger partial charge in [-0.15, -0.1) is 0 Å². The molecule has 1 aliphatic carbocycles. The van der Waals surface area contributed by atoms with Gasteiger partial charge in [0.2, 0.25) is 5.91 Å². The van der Waals surface area contributed by atoms with Crippen molar-refractivity contribution in [3.05, 3.63) is 53.0 Å². The number of aryl methyl sites for hydroxylation is 1. The Hall–Kier alpha value is -2.72. The van der Waals surface area contributed by atoms with Gasteiger partial charge in [0.25, 0.3) is 0 Å². The van der Waals surface area contributed by atoms with Gasteiger partial charge in [0.05, 0.1) is 11.5 Å². The number of rotatable bonds is 6. The Balaban J connectivity index is 1.29. The molecular formula is C27H34F3N5O2. The molecule has 5 rings (SSSR count). The lowest BCUT2D eigenvalue weighted by atomic mass is 9.95. The van der Waals surface area contributed by atoms with E-state index in [0.717, 1.165) is 49.3 Å². The average Bonchev–Trinajstić information content (AvgIpc) is 3.30. The third-order valence-corrected chi connectivity index (χ3v) is 7.91. The smallest absolute Gasteiger partial charge is 0.381 e. The van der Waals surface area contributed by atoms with Crippen molar-refractivity contribution in [3.8, 4) is 0 Å². The summed E-state index contributed by atoms with van der Waals surface area (Å²) >= 11 is 0. The predicted octanol–water partition coefficient (Wildman–Crippen LogP) is 3.75. The van der Waals surface area contributed by atoms with Gasteiger partial charge in [-0.1, -0.05) is 19.1 Å². The number of benzene rings is 1. The second-order valence-electron chi connectivity index (χ2n) is 10.3. The Labute approximate surface area is 215 Å². The molecule has 0 bridgehead atoms. The minimum Gasteiger partial charge on any atom is -0.381 e. The van der Waals surface area contributed by atoms with E-state index < -0.39 is 17.7 Å². The summed E-state index contributed by atoms with van der Waals surface area (Å²) in [5.74, 6) is 0.786. The molecule has 2 atom stereocenters. The Morgan fingerprint density at radius 1 is 1.08 bits per heavy atom. The normalized spacial score (nSPS) is 21.7. The number of fused-ring (bicyclic) bond motifs is 1. The maximum atomic E-state index is 13.7. The number of nitrogens with one attached hydrogen (secondary N) is 1.